The summed E-state index contributed by atoms with van der Waals surface area (Å²) in [6.45, 7) is 0. The molecule has 0 aliphatic carbocycles. The second-order valence-electron chi connectivity index (χ2n) is 6.82. The maximum Gasteiger partial charge on any atom is 0.191 e. The van der Waals surface area contributed by atoms with Crippen molar-refractivity contribution in [2.24, 2.45) is 7.05 Å². The number of hydrogen-bond acceptors (Lipinski definition) is 3. The Hall–Kier alpha value is -3.79. The molecule has 0 bridgehead atoms. The van der Waals surface area contributed by atoms with E-state index in [0.717, 1.165) is 33.3 Å². The highest BCUT2D eigenvalue weighted by atomic mass is 16.1. The largest absolute Gasteiger partial charge is 0.335 e. The van der Waals surface area contributed by atoms with E-state index in [0.29, 0.717) is 11.0 Å². The number of pyridine rings is 3. The molecule has 134 valence electrons. The fourth-order valence-corrected chi connectivity index (χ4v) is 3.57. The number of fused-ring (bicyclic) bond motifs is 2. The quantitative estimate of drug-likeness (QED) is 0.452. The molecule has 4 heteroatoms. The van der Waals surface area contributed by atoms with Gasteiger partial charge in [0.1, 0.15) is 5.65 Å². The Morgan fingerprint density at radius 2 is 1.71 bits per heavy atom. The number of aryl methyl sites for hydroxylation is 1. The summed E-state index contributed by atoms with van der Waals surface area (Å²) in [4.78, 5) is 21.8. The van der Waals surface area contributed by atoms with E-state index in [9.17, 15) is 4.79 Å². The molecule has 5 rings (SSSR count). The van der Waals surface area contributed by atoms with Gasteiger partial charge in [0.25, 0.3) is 0 Å². The average Bonchev–Trinajstić information content (AvgIpc) is 2.76. The zero-order valence-electron chi connectivity index (χ0n) is 15.3. The molecular weight excluding hydrogens is 346 g/mol. The van der Waals surface area contributed by atoms with E-state index in [4.69, 9.17) is 4.98 Å². The van der Waals surface area contributed by atoms with Gasteiger partial charge in [-0.3, -0.25) is 9.78 Å². The van der Waals surface area contributed by atoms with Crippen molar-refractivity contribution in [1.82, 2.24) is 14.5 Å². The summed E-state index contributed by atoms with van der Waals surface area (Å²) in [6, 6.07) is 23.7. The Kier molecular flexibility index (Phi) is 3.76. The molecule has 0 saturated heterocycles. The molecule has 3 heterocycles. The molecule has 28 heavy (non-hydrogen) atoms. The van der Waals surface area contributed by atoms with Gasteiger partial charge in [-0.1, -0.05) is 42.5 Å². The first-order valence-corrected chi connectivity index (χ1v) is 9.12. The Labute approximate surface area is 161 Å². The van der Waals surface area contributed by atoms with Gasteiger partial charge in [-0.25, -0.2) is 4.98 Å². The van der Waals surface area contributed by atoms with E-state index in [1.807, 2.05) is 72.3 Å². The smallest absolute Gasteiger partial charge is 0.191 e. The maximum atomic E-state index is 12.5. The third-order valence-electron chi connectivity index (χ3n) is 5.01. The van der Waals surface area contributed by atoms with Crippen LogP contribution in [0.25, 0.3) is 44.3 Å². The molecule has 4 nitrogen and oxygen atoms in total. The van der Waals surface area contributed by atoms with Crippen LogP contribution in [0.3, 0.4) is 0 Å². The maximum absolute atomic E-state index is 12.5. The first-order chi connectivity index (χ1) is 13.7. The number of hydrogen-bond donors (Lipinski definition) is 0. The molecule has 0 N–H and O–H groups in total. The van der Waals surface area contributed by atoms with Crippen molar-refractivity contribution in [3.63, 3.8) is 0 Å². The normalized spacial score (nSPS) is 11.2. The van der Waals surface area contributed by atoms with E-state index in [1.165, 1.54) is 0 Å². The van der Waals surface area contributed by atoms with Crippen molar-refractivity contribution in [3.05, 3.63) is 95.4 Å². The Morgan fingerprint density at radius 1 is 0.857 bits per heavy atom. The first-order valence-electron chi connectivity index (χ1n) is 9.12. The summed E-state index contributed by atoms with van der Waals surface area (Å²) in [5, 5.41) is 1.67. The van der Waals surface area contributed by atoms with Gasteiger partial charge in [0.15, 0.2) is 5.43 Å². The molecule has 0 aliphatic heterocycles. The van der Waals surface area contributed by atoms with Crippen molar-refractivity contribution >= 4 is 21.9 Å². The van der Waals surface area contributed by atoms with Crippen LogP contribution >= 0.6 is 0 Å². The summed E-state index contributed by atoms with van der Waals surface area (Å²) in [5.74, 6) is 0. The molecular formula is C24H17N3O. The molecule has 0 saturated carbocycles. The lowest BCUT2D eigenvalue weighted by atomic mass is 9.97. The van der Waals surface area contributed by atoms with E-state index in [2.05, 4.69) is 11.1 Å². The lowest BCUT2D eigenvalue weighted by Crippen LogP contribution is -2.08. The van der Waals surface area contributed by atoms with Crippen LogP contribution in [0.5, 0.6) is 0 Å². The van der Waals surface area contributed by atoms with E-state index in [1.54, 1.807) is 18.5 Å². The molecule has 0 amide bonds. The zero-order valence-corrected chi connectivity index (χ0v) is 15.3. The van der Waals surface area contributed by atoms with Crippen LogP contribution in [-0.2, 0) is 7.05 Å². The molecule has 2 aromatic carbocycles. The highest BCUT2D eigenvalue weighted by Gasteiger charge is 2.14. The van der Waals surface area contributed by atoms with Crippen molar-refractivity contribution in [2.75, 3.05) is 0 Å². The minimum Gasteiger partial charge on any atom is -0.335 e. The lowest BCUT2D eigenvalue weighted by Gasteiger charge is -2.13. The fourth-order valence-electron chi connectivity index (χ4n) is 3.57. The lowest BCUT2D eigenvalue weighted by molar-refractivity contribution is 0.930. The summed E-state index contributed by atoms with van der Waals surface area (Å²) < 4.78 is 1.89. The van der Waals surface area contributed by atoms with Gasteiger partial charge in [0.05, 0.1) is 16.6 Å². The molecule has 0 spiro atoms. The second-order valence-corrected chi connectivity index (χ2v) is 6.82. The molecule has 0 aliphatic rings. The van der Waals surface area contributed by atoms with Crippen molar-refractivity contribution in [1.29, 1.82) is 0 Å². The topological polar surface area (TPSA) is 47.8 Å². The SMILES string of the molecule is Cn1ccc(=O)c2cc(-c3ccc4ncccc4c3)c(-c3ccccc3)nc21. The average molecular weight is 363 g/mol. The number of rotatable bonds is 2. The van der Waals surface area contributed by atoms with Crippen LogP contribution < -0.4 is 5.43 Å². The number of aromatic nitrogens is 3. The predicted molar refractivity (Wildman–Crippen MR) is 113 cm³/mol. The first kappa shape index (κ1) is 16.4. The van der Waals surface area contributed by atoms with Gasteiger partial charge in [0.2, 0.25) is 0 Å². The van der Waals surface area contributed by atoms with Gasteiger partial charge >= 0.3 is 0 Å². The van der Waals surface area contributed by atoms with Gasteiger partial charge in [-0.15, -0.1) is 0 Å². The van der Waals surface area contributed by atoms with Gasteiger partial charge in [0, 0.05) is 42.0 Å². The van der Waals surface area contributed by atoms with Crippen LogP contribution in [0.15, 0.2) is 90.0 Å². The Bertz CT molecular complexity index is 1390. The monoisotopic (exact) mass is 363 g/mol. The third kappa shape index (κ3) is 2.67. The Morgan fingerprint density at radius 3 is 2.57 bits per heavy atom. The standard InChI is InChI=1S/C24H17N3O/c1-27-13-11-22(28)20-15-19(17-9-10-21-18(14-17)8-5-12-25-21)23(26-24(20)27)16-6-3-2-4-7-16/h2-15H,1H3. The fraction of sp³-hybridized carbons (Fsp3) is 0.0417. The van der Waals surface area contributed by atoms with Gasteiger partial charge in [-0.05, 0) is 29.8 Å². The second kappa shape index (κ2) is 6.43. The van der Waals surface area contributed by atoms with E-state index in [-0.39, 0.29) is 5.43 Å². The summed E-state index contributed by atoms with van der Waals surface area (Å²) in [6.07, 6.45) is 3.55. The van der Waals surface area contributed by atoms with E-state index >= 15 is 0 Å². The minimum atomic E-state index is -0.0242. The van der Waals surface area contributed by atoms with Crippen LogP contribution in [0, 0.1) is 0 Å². The molecule has 5 aromatic rings. The molecule has 0 radical (unpaired) electrons. The number of nitrogens with zero attached hydrogens (tertiary/aromatic N) is 3. The summed E-state index contributed by atoms with van der Waals surface area (Å²) in [7, 11) is 1.91. The summed E-state index contributed by atoms with van der Waals surface area (Å²) >= 11 is 0. The van der Waals surface area contributed by atoms with Crippen LogP contribution in [-0.4, -0.2) is 14.5 Å². The molecule has 3 aromatic heterocycles. The van der Waals surface area contributed by atoms with Crippen molar-refractivity contribution < 1.29 is 0 Å². The summed E-state index contributed by atoms with van der Waals surface area (Å²) in [5.41, 5.74) is 5.42. The zero-order chi connectivity index (χ0) is 19.1. The minimum absolute atomic E-state index is 0.0242. The van der Waals surface area contributed by atoms with Crippen molar-refractivity contribution in [2.45, 2.75) is 0 Å². The molecule has 0 atom stereocenters. The Balaban J connectivity index is 1.87. The van der Waals surface area contributed by atoms with Crippen molar-refractivity contribution in [3.8, 4) is 22.4 Å². The van der Waals surface area contributed by atoms with Crippen LogP contribution in [0.1, 0.15) is 0 Å². The van der Waals surface area contributed by atoms with Gasteiger partial charge < -0.3 is 4.57 Å². The number of benzene rings is 2. The predicted octanol–water partition coefficient (Wildman–Crippen LogP) is 4.82. The molecule has 0 fully saturated rings. The third-order valence-corrected chi connectivity index (χ3v) is 5.01. The van der Waals surface area contributed by atoms with Crippen LogP contribution in [0.2, 0.25) is 0 Å². The van der Waals surface area contributed by atoms with Crippen LogP contribution in [0.4, 0.5) is 0 Å². The highest BCUT2D eigenvalue weighted by Crippen LogP contribution is 2.33. The van der Waals surface area contributed by atoms with Gasteiger partial charge in [-0.2, -0.15) is 0 Å². The van der Waals surface area contributed by atoms with E-state index < -0.39 is 0 Å². The highest BCUT2D eigenvalue weighted by molar-refractivity contribution is 5.93. The molecule has 0 unspecified atom stereocenters.